The normalized spacial score (nSPS) is 21.3. The van der Waals surface area contributed by atoms with Crippen molar-refractivity contribution in [3.63, 3.8) is 0 Å². The van der Waals surface area contributed by atoms with E-state index in [1.165, 1.54) is 16.5 Å². The van der Waals surface area contributed by atoms with Crippen LogP contribution in [0, 0.1) is 11.3 Å². The van der Waals surface area contributed by atoms with Gasteiger partial charge in [-0.3, -0.25) is 14.7 Å². The summed E-state index contributed by atoms with van der Waals surface area (Å²) in [6, 6.07) is 19.1. The predicted molar refractivity (Wildman–Crippen MR) is 135 cm³/mol. The van der Waals surface area contributed by atoms with E-state index in [1.54, 1.807) is 0 Å². The van der Waals surface area contributed by atoms with E-state index in [4.69, 9.17) is 4.74 Å². The number of likely N-dealkylation sites (tertiary alicyclic amines) is 1. The molecular formula is C29H35N3O2. The van der Waals surface area contributed by atoms with E-state index in [1.807, 2.05) is 12.4 Å². The highest BCUT2D eigenvalue weighted by molar-refractivity contribution is 5.85. The molecule has 0 saturated carbocycles. The lowest BCUT2D eigenvalue weighted by atomic mass is 9.78. The van der Waals surface area contributed by atoms with Gasteiger partial charge in [0, 0.05) is 48.7 Å². The van der Waals surface area contributed by atoms with Gasteiger partial charge in [0.2, 0.25) is 5.91 Å². The first-order valence-electron chi connectivity index (χ1n) is 12.6. The number of piperidine rings is 1. The third kappa shape index (κ3) is 5.16. The van der Waals surface area contributed by atoms with Crippen LogP contribution >= 0.6 is 0 Å². The Morgan fingerprint density at radius 2 is 1.88 bits per heavy atom. The van der Waals surface area contributed by atoms with Gasteiger partial charge in [-0.15, -0.1) is 0 Å². The van der Waals surface area contributed by atoms with Crippen molar-refractivity contribution in [2.75, 3.05) is 39.4 Å². The van der Waals surface area contributed by atoms with Crippen molar-refractivity contribution in [2.45, 2.75) is 32.7 Å². The van der Waals surface area contributed by atoms with Crippen molar-refractivity contribution in [1.82, 2.24) is 14.8 Å². The molecule has 2 aliphatic heterocycles. The molecule has 2 fully saturated rings. The lowest BCUT2D eigenvalue weighted by molar-refractivity contribution is -0.144. The molecule has 3 aromatic rings. The molecule has 1 aromatic heterocycles. The van der Waals surface area contributed by atoms with Gasteiger partial charge in [-0.2, -0.15) is 0 Å². The number of ether oxygens (including phenoxy) is 1. The average molecular weight is 458 g/mol. The zero-order valence-corrected chi connectivity index (χ0v) is 20.2. The van der Waals surface area contributed by atoms with E-state index >= 15 is 0 Å². The molecule has 2 aliphatic rings. The second-order valence-electron chi connectivity index (χ2n) is 10.2. The lowest BCUT2D eigenvalue weighted by Crippen LogP contribution is -2.50. The predicted octanol–water partition coefficient (Wildman–Crippen LogP) is 4.55. The molecule has 5 heteroatoms. The highest BCUT2D eigenvalue weighted by atomic mass is 16.5. The van der Waals surface area contributed by atoms with Crippen LogP contribution in [0.5, 0.6) is 0 Å². The molecule has 34 heavy (non-hydrogen) atoms. The number of hydrogen-bond acceptors (Lipinski definition) is 4. The topological polar surface area (TPSA) is 45.7 Å². The number of fused-ring (bicyclic) bond motifs is 1. The number of pyridine rings is 1. The van der Waals surface area contributed by atoms with Crippen molar-refractivity contribution in [3.8, 4) is 0 Å². The Balaban J connectivity index is 1.23. The summed E-state index contributed by atoms with van der Waals surface area (Å²) in [7, 11) is 0. The molecular weight excluding hydrogens is 422 g/mol. The molecule has 178 valence electrons. The number of amides is 1. The summed E-state index contributed by atoms with van der Waals surface area (Å²) >= 11 is 0. The summed E-state index contributed by atoms with van der Waals surface area (Å²) in [5.74, 6) is 0.608. The molecule has 0 spiro atoms. The fraction of sp³-hybridized carbons (Fsp3) is 0.448. The molecule has 0 unspecified atom stereocenters. The molecule has 0 N–H and O–H groups in total. The van der Waals surface area contributed by atoms with Crippen LogP contribution in [0.1, 0.15) is 30.9 Å². The summed E-state index contributed by atoms with van der Waals surface area (Å²) in [5, 5.41) is 2.41. The van der Waals surface area contributed by atoms with Gasteiger partial charge >= 0.3 is 0 Å². The fourth-order valence-electron chi connectivity index (χ4n) is 5.51. The van der Waals surface area contributed by atoms with Crippen LogP contribution in [-0.4, -0.2) is 60.1 Å². The number of carbonyl (C=O) groups is 1. The van der Waals surface area contributed by atoms with Crippen molar-refractivity contribution in [3.05, 3.63) is 78.1 Å². The number of hydrogen-bond donors (Lipinski definition) is 0. The zero-order chi connectivity index (χ0) is 23.4. The Morgan fingerprint density at radius 3 is 2.71 bits per heavy atom. The van der Waals surface area contributed by atoms with Crippen molar-refractivity contribution < 1.29 is 9.53 Å². The second kappa shape index (κ2) is 10.2. The van der Waals surface area contributed by atoms with Gasteiger partial charge < -0.3 is 9.64 Å². The van der Waals surface area contributed by atoms with Crippen molar-refractivity contribution in [1.29, 1.82) is 0 Å². The maximum absolute atomic E-state index is 13.7. The standard InChI is InChI=1S/C29H35N3O2/c1-29(11-14-31(15-12-29)20-23-6-3-2-4-7-23)28(33)32-16-17-34-22-24(21-32)18-25-8-5-9-26-19-30-13-10-27(25)26/h2-10,13,19,24H,11-12,14-18,20-22H2,1H3/t24-/m1/s1. The summed E-state index contributed by atoms with van der Waals surface area (Å²) in [6.45, 7) is 7.86. The molecule has 1 amide bonds. The minimum absolute atomic E-state index is 0.285. The summed E-state index contributed by atoms with van der Waals surface area (Å²) in [5.41, 5.74) is 2.37. The molecule has 2 aromatic carbocycles. The van der Waals surface area contributed by atoms with Gasteiger partial charge in [0.15, 0.2) is 0 Å². The third-order valence-corrected chi connectivity index (χ3v) is 7.63. The van der Waals surface area contributed by atoms with Crippen molar-refractivity contribution in [2.24, 2.45) is 11.3 Å². The monoisotopic (exact) mass is 457 g/mol. The molecule has 0 bridgehead atoms. The quantitative estimate of drug-likeness (QED) is 0.564. The molecule has 0 aliphatic carbocycles. The number of rotatable bonds is 5. The summed E-state index contributed by atoms with van der Waals surface area (Å²) < 4.78 is 5.96. The first kappa shape index (κ1) is 23.0. The highest BCUT2D eigenvalue weighted by Crippen LogP contribution is 2.34. The van der Waals surface area contributed by atoms with Crippen LogP contribution in [0.25, 0.3) is 10.8 Å². The Hall–Kier alpha value is -2.76. The number of aromatic nitrogens is 1. The first-order valence-corrected chi connectivity index (χ1v) is 12.6. The molecule has 1 atom stereocenters. The fourth-order valence-corrected chi connectivity index (χ4v) is 5.51. The van der Waals surface area contributed by atoms with E-state index in [9.17, 15) is 4.79 Å². The van der Waals surface area contributed by atoms with E-state index in [0.29, 0.717) is 31.6 Å². The van der Waals surface area contributed by atoms with E-state index in [2.05, 4.69) is 76.3 Å². The van der Waals surface area contributed by atoms with Gasteiger partial charge in [0.1, 0.15) is 0 Å². The summed E-state index contributed by atoms with van der Waals surface area (Å²) in [6.07, 6.45) is 6.51. The Kier molecular flexibility index (Phi) is 6.93. The van der Waals surface area contributed by atoms with E-state index in [-0.39, 0.29) is 5.41 Å². The smallest absolute Gasteiger partial charge is 0.228 e. The van der Waals surface area contributed by atoms with Gasteiger partial charge in [0.05, 0.1) is 13.2 Å². The van der Waals surface area contributed by atoms with Crippen molar-refractivity contribution >= 4 is 16.7 Å². The SMILES string of the molecule is CC1(C(=O)N2CCOC[C@H](Cc3cccc4cnccc34)C2)CCN(Cc2ccccc2)CC1. The maximum Gasteiger partial charge on any atom is 0.228 e. The Morgan fingerprint density at radius 1 is 1.06 bits per heavy atom. The minimum atomic E-state index is -0.285. The van der Waals surface area contributed by atoms with Crippen LogP contribution in [0.4, 0.5) is 0 Å². The van der Waals surface area contributed by atoms with Gasteiger partial charge in [0.25, 0.3) is 0 Å². The van der Waals surface area contributed by atoms with Gasteiger partial charge in [-0.1, -0.05) is 55.5 Å². The lowest BCUT2D eigenvalue weighted by Gasteiger charge is -2.41. The van der Waals surface area contributed by atoms with E-state index < -0.39 is 0 Å². The molecule has 5 rings (SSSR count). The zero-order valence-electron chi connectivity index (χ0n) is 20.2. The second-order valence-corrected chi connectivity index (χ2v) is 10.2. The highest BCUT2D eigenvalue weighted by Gasteiger charge is 2.40. The average Bonchev–Trinajstić information content (AvgIpc) is 3.11. The molecule has 5 nitrogen and oxygen atoms in total. The van der Waals surface area contributed by atoms with E-state index in [0.717, 1.165) is 50.8 Å². The number of carbonyl (C=O) groups excluding carboxylic acids is 1. The van der Waals surface area contributed by atoms with Crippen LogP contribution < -0.4 is 0 Å². The van der Waals surface area contributed by atoms with Crippen LogP contribution in [0.3, 0.4) is 0 Å². The third-order valence-electron chi connectivity index (χ3n) is 7.63. The molecule has 0 radical (unpaired) electrons. The Labute approximate surface area is 202 Å². The largest absolute Gasteiger partial charge is 0.379 e. The minimum Gasteiger partial charge on any atom is -0.379 e. The number of nitrogens with zero attached hydrogens (tertiary/aromatic N) is 3. The van der Waals surface area contributed by atoms with Crippen LogP contribution in [0.15, 0.2) is 67.0 Å². The maximum atomic E-state index is 13.7. The summed E-state index contributed by atoms with van der Waals surface area (Å²) in [4.78, 5) is 22.6. The van der Waals surface area contributed by atoms with Gasteiger partial charge in [-0.05, 0) is 54.9 Å². The van der Waals surface area contributed by atoms with Crippen LogP contribution in [0.2, 0.25) is 0 Å². The van der Waals surface area contributed by atoms with Crippen LogP contribution in [-0.2, 0) is 22.5 Å². The molecule has 3 heterocycles. The number of benzene rings is 2. The van der Waals surface area contributed by atoms with Gasteiger partial charge in [-0.25, -0.2) is 0 Å². The molecule has 2 saturated heterocycles. The first-order chi connectivity index (χ1) is 16.6. The Bertz CT molecular complexity index is 1100.